The third-order valence-electron chi connectivity index (χ3n) is 5.65. The molecular weight excluding hydrogens is 456 g/mol. The van der Waals surface area contributed by atoms with Gasteiger partial charge in [0.25, 0.3) is 0 Å². The van der Waals surface area contributed by atoms with Crippen LogP contribution in [-0.4, -0.2) is 39.5 Å². The van der Waals surface area contributed by atoms with E-state index in [4.69, 9.17) is 0 Å². The Bertz CT molecular complexity index is 993. The van der Waals surface area contributed by atoms with E-state index in [1.54, 1.807) is 29.9 Å². The zero-order valence-corrected chi connectivity index (χ0v) is 21.6. The molecule has 8 heteroatoms. The molecule has 1 heterocycles. The van der Waals surface area contributed by atoms with Crippen LogP contribution in [0.2, 0.25) is 0 Å². The Morgan fingerprint density at radius 1 is 0.944 bits per heavy atom. The zero-order valence-electron chi connectivity index (χ0n) is 21.6. The fourth-order valence-electron chi connectivity index (χ4n) is 3.96. The highest BCUT2D eigenvalue weighted by Gasteiger charge is 2.35. The van der Waals surface area contributed by atoms with Gasteiger partial charge in [-0.3, -0.25) is 35.0 Å². The molecule has 0 aliphatic rings. The molecule has 8 nitrogen and oxygen atoms in total. The van der Waals surface area contributed by atoms with Gasteiger partial charge in [0, 0.05) is 18.4 Å². The van der Waals surface area contributed by atoms with Crippen LogP contribution in [0.1, 0.15) is 51.8 Å². The van der Waals surface area contributed by atoms with Crippen LogP contribution in [0.3, 0.4) is 0 Å². The predicted octanol–water partition coefficient (Wildman–Crippen LogP) is 4.03. The summed E-state index contributed by atoms with van der Waals surface area (Å²) in [5.41, 5.74) is 6.07. The van der Waals surface area contributed by atoms with Crippen molar-refractivity contribution in [3.8, 4) is 0 Å². The van der Waals surface area contributed by atoms with Crippen LogP contribution in [0, 0.1) is 23.7 Å². The first-order valence-corrected chi connectivity index (χ1v) is 12.4. The van der Waals surface area contributed by atoms with E-state index in [-0.39, 0.29) is 30.6 Å². The van der Waals surface area contributed by atoms with E-state index in [0.29, 0.717) is 18.7 Å². The lowest BCUT2D eigenvalue weighted by molar-refractivity contribution is -0.147. The van der Waals surface area contributed by atoms with E-state index in [9.17, 15) is 19.6 Å². The molecule has 0 aliphatic heterocycles. The number of aromatic nitrogens is 1. The van der Waals surface area contributed by atoms with E-state index in [0.717, 1.165) is 5.56 Å². The van der Waals surface area contributed by atoms with Crippen LogP contribution < -0.4 is 10.9 Å². The number of rotatable bonds is 12. The molecule has 36 heavy (non-hydrogen) atoms. The van der Waals surface area contributed by atoms with Gasteiger partial charge in [0.15, 0.2) is 0 Å². The summed E-state index contributed by atoms with van der Waals surface area (Å²) in [5, 5.41) is 10.7. The number of benzene rings is 1. The molecule has 194 valence electrons. The van der Waals surface area contributed by atoms with E-state index >= 15 is 0 Å². The van der Waals surface area contributed by atoms with Crippen molar-refractivity contribution in [1.29, 1.82) is 0 Å². The summed E-state index contributed by atoms with van der Waals surface area (Å²) in [7, 11) is 0. The lowest BCUT2D eigenvalue weighted by Crippen LogP contribution is -2.52. The van der Waals surface area contributed by atoms with Gasteiger partial charge < -0.3 is 0 Å². The first-order chi connectivity index (χ1) is 17.2. The normalized spacial score (nSPS) is 13.0. The Labute approximate surface area is 213 Å². The fourth-order valence-corrected chi connectivity index (χ4v) is 3.96. The number of carbonyl (C=O) groups is 3. The molecule has 0 spiro atoms. The second-order valence-corrected chi connectivity index (χ2v) is 9.74. The Hall–Kier alpha value is -3.52. The number of carbonyl (C=O) groups excluding carboxylic acids is 3. The van der Waals surface area contributed by atoms with Crippen molar-refractivity contribution in [3.63, 3.8) is 0 Å². The molecule has 0 saturated carbocycles. The van der Waals surface area contributed by atoms with E-state index in [1.807, 2.05) is 70.2 Å². The number of hydrazine groups is 1. The maximum Gasteiger partial charge on any atom is 0.247 e. The summed E-state index contributed by atoms with van der Waals surface area (Å²) in [4.78, 5) is 43.4. The summed E-state index contributed by atoms with van der Waals surface area (Å²) in [6, 6.07) is 15.0. The number of amides is 3. The smallest absolute Gasteiger partial charge is 0.247 e. The molecule has 0 unspecified atom stereocenters. The number of hydrogen-bond acceptors (Lipinski definition) is 5. The van der Waals surface area contributed by atoms with Gasteiger partial charge in [-0.05, 0) is 42.4 Å². The summed E-state index contributed by atoms with van der Waals surface area (Å²) >= 11 is 0. The lowest BCUT2D eigenvalue weighted by atomic mass is 9.82. The minimum absolute atomic E-state index is 0.0447. The van der Waals surface area contributed by atoms with Gasteiger partial charge >= 0.3 is 0 Å². The summed E-state index contributed by atoms with van der Waals surface area (Å²) in [6.07, 6.45) is 6.03. The van der Waals surface area contributed by atoms with Crippen molar-refractivity contribution in [2.75, 3.05) is 6.54 Å². The van der Waals surface area contributed by atoms with Gasteiger partial charge in [0.2, 0.25) is 17.7 Å². The number of nitrogens with one attached hydrogen (secondary N) is 2. The van der Waals surface area contributed by atoms with Crippen LogP contribution in [0.5, 0.6) is 0 Å². The SMILES string of the molecule is CC(C)C[C@@H](C(=O)NN(CC(C)C)C(=O)Cc1ccccn1)[C@H](CC=Cc1ccccc1)C(=O)NO. The van der Waals surface area contributed by atoms with Crippen molar-refractivity contribution < 1.29 is 19.6 Å². The number of hydroxylamine groups is 1. The largest absolute Gasteiger partial charge is 0.289 e. The number of hydrogen-bond donors (Lipinski definition) is 3. The molecule has 0 bridgehead atoms. The second kappa shape index (κ2) is 14.8. The number of nitrogens with zero attached hydrogens (tertiary/aromatic N) is 2. The van der Waals surface area contributed by atoms with Gasteiger partial charge in [0.05, 0.1) is 18.3 Å². The molecule has 3 amide bonds. The van der Waals surface area contributed by atoms with E-state index in [2.05, 4.69) is 10.4 Å². The van der Waals surface area contributed by atoms with Crippen molar-refractivity contribution >= 4 is 23.8 Å². The molecule has 0 aliphatic carbocycles. The number of allylic oxidation sites excluding steroid dienone is 1. The Kier molecular flexibility index (Phi) is 11.8. The standard InChI is InChI=1S/C28H38N4O4/c1-20(2)17-25(24(28(35)31-36)15-10-13-22-11-6-5-7-12-22)27(34)30-32(19-21(3)4)26(33)18-23-14-8-9-16-29-23/h5-14,16,20-21,24-25,36H,15,17-19H2,1-4H3,(H,30,34)(H,31,35)/t24-,25+/m0/s1. The van der Waals surface area contributed by atoms with Gasteiger partial charge in [-0.1, -0.05) is 76.2 Å². The molecule has 0 fully saturated rings. The average molecular weight is 495 g/mol. The Balaban J connectivity index is 2.24. The minimum atomic E-state index is -0.816. The summed E-state index contributed by atoms with van der Waals surface area (Å²) in [6.45, 7) is 8.15. The molecule has 1 aromatic heterocycles. The van der Waals surface area contributed by atoms with E-state index in [1.165, 1.54) is 5.01 Å². The number of pyridine rings is 1. The monoisotopic (exact) mass is 494 g/mol. The van der Waals surface area contributed by atoms with E-state index < -0.39 is 23.7 Å². The second-order valence-electron chi connectivity index (χ2n) is 9.74. The molecule has 2 rings (SSSR count). The molecule has 2 aromatic rings. The highest BCUT2D eigenvalue weighted by atomic mass is 16.5. The third kappa shape index (κ3) is 9.62. The minimum Gasteiger partial charge on any atom is -0.289 e. The van der Waals surface area contributed by atoms with Crippen LogP contribution in [-0.2, 0) is 20.8 Å². The highest BCUT2D eigenvalue weighted by Crippen LogP contribution is 2.26. The lowest BCUT2D eigenvalue weighted by Gasteiger charge is -2.30. The molecular formula is C28H38N4O4. The molecule has 1 aromatic carbocycles. The van der Waals surface area contributed by atoms with Crippen molar-refractivity contribution in [2.24, 2.45) is 23.7 Å². The van der Waals surface area contributed by atoms with Crippen LogP contribution in [0.4, 0.5) is 0 Å². The summed E-state index contributed by atoms with van der Waals surface area (Å²) < 4.78 is 0. The Morgan fingerprint density at radius 3 is 2.22 bits per heavy atom. The van der Waals surface area contributed by atoms with Gasteiger partial charge in [-0.2, -0.15) is 0 Å². The van der Waals surface area contributed by atoms with Crippen molar-refractivity contribution in [1.82, 2.24) is 20.9 Å². The van der Waals surface area contributed by atoms with Crippen LogP contribution in [0.15, 0.2) is 60.8 Å². The summed E-state index contributed by atoms with van der Waals surface area (Å²) in [5.74, 6) is -2.71. The predicted molar refractivity (Wildman–Crippen MR) is 139 cm³/mol. The topological polar surface area (TPSA) is 112 Å². The maximum atomic E-state index is 13.5. The molecule has 2 atom stereocenters. The quantitative estimate of drug-likeness (QED) is 0.305. The fraction of sp³-hybridized carbons (Fsp3) is 0.429. The van der Waals surface area contributed by atoms with Crippen molar-refractivity contribution in [3.05, 3.63) is 72.1 Å². The van der Waals surface area contributed by atoms with Gasteiger partial charge in [-0.25, -0.2) is 5.48 Å². The average Bonchev–Trinajstić information content (AvgIpc) is 2.85. The van der Waals surface area contributed by atoms with Crippen molar-refractivity contribution in [2.45, 2.75) is 47.0 Å². The van der Waals surface area contributed by atoms with Crippen LogP contribution in [0.25, 0.3) is 6.08 Å². The van der Waals surface area contributed by atoms with Gasteiger partial charge in [0.1, 0.15) is 0 Å². The first kappa shape index (κ1) is 28.7. The highest BCUT2D eigenvalue weighted by molar-refractivity contribution is 5.89. The molecule has 0 saturated heterocycles. The molecule has 0 radical (unpaired) electrons. The third-order valence-corrected chi connectivity index (χ3v) is 5.65. The molecule has 3 N–H and O–H groups in total. The Morgan fingerprint density at radius 2 is 1.64 bits per heavy atom. The van der Waals surface area contributed by atoms with Crippen LogP contribution >= 0.6 is 0 Å². The maximum absolute atomic E-state index is 13.5. The zero-order chi connectivity index (χ0) is 26.5. The van der Waals surface area contributed by atoms with Gasteiger partial charge in [-0.15, -0.1) is 0 Å². The first-order valence-electron chi connectivity index (χ1n) is 12.4.